The van der Waals surface area contributed by atoms with Gasteiger partial charge in [-0.15, -0.1) is 0 Å². The van der Waals surface area contributed by atoms with Crippen molar-refractivity contribution in [3.8, 4) is 0 Å². The minimum absolute atomic E-state index is 0.0495. The Morgan fingerprint density at radius 2 is 1.40 bits per heavy atom. The van der Waals surface area contributed by atoms with Gasteiger partial charge >= 0.3 is 0 Å². The molecule has 86 valence electrons. The normalized spacial score (nSPS) is 12.9. The first-order valence-electron chi connectivity index (χ1n) is 5.07. The highest BCUT2D eigenvalue weighted by atomic mass is 16.2. The minimum Gasteiger partial charge on any atom is -0.348 e. The zero-order chi connectivity index (χ0) is 12.3. The van der Waals surface area contributed by atoms with Crippen molar-refractivity contribution in [2.45, 2.75) is 47.1 Å². The smallest absolute Gasteiger partial charge is 0.244 e. The maximum absolute atomic E-state index is 11.5. The van der Waals surface area contributed by atoms with E-state index in [0.29, 0.717) is 0 Å². The van der Waals surface area contributed by atoms with E-state index in [9.17, 15) is 9.59 Å². The van der Waals surface area contributed by atoms with Crippen LogP contribution < -0.4 is 5.32 Å². The van der Waals surface area contributed by atoms with E-state index in [1.54, 1.807) is 0 Å². The fourth-order valence-electron chi connectivity index (χ4n) is 0.813. The lowest BCUT2D eigenvalue weighted by Crippen LogP contribution is -2.39. The maximum Gasteiger partial charge on any atom is 0.244 e. The SMILES string of the molecule is CC(C)(C)NC(=O)C=CC(=O)C(C)(C)C. The van der Waals surface area contributed by atoms with Gasteiger partial charge in [-0.05, 0) is 26.8 Å². The summed E-state index contributed by atoms with van der Waals surface area (Å²) in [7, 11) is 0. The first kappa shape index (κ1) is 13.9. The number of rotatable bonds is 2. The molecule has 0 saturated heterocycles. The molecule has 1 amide bonds. The highest BCUT2D eigenvalue weighted by Gasteiger charge is 2.18. The topological polar surface area (TPSA) is 46.2 Å². The fourth-order valence-corrected chi connectivity index (χ4v) is 0.813. The molecule has 0 radical (unpaired) electrons. The first-order valence-corrected chi connectivity index (χ1v) is 5.07. The highest BCUT2D eigenvalue weighted by molar-refractivity contribution is 6.00. The van der Waals surface area contributed by atoms with Gasteiger partial charge in [0.05, 0.1) is 0 Å². The molecule has 0 aliphatic carbocycles. The number of allylic oxidation sites excluding steroid dienone is 1. The predicted octanol–water partition coefficient (Wildman–Crippen LogP) is 2.07. The van der Waals surface area contributed by atoms with Crippen LogP contribution in [0.1, 0.15) is 41.5 Å². The zero-order valence-electron chi connectivity index (χ0n) is 10.5. The molecule has 0 saturated carbocycles. The summed E-state index contributed by atoms with van der Waals surface area (Å²) in [4.78, 5) is 22.8. The molecule has 3 nitrogen and oxygen atoms in total. The van der Waals surface area contributed by atoms with Gasteiger partial charge in [0.15, 0.2) is 5.78 Å². The van der Waals surface area contributed by atoms with Gasteiger partial charge in [0, 0.05) is 17.0 Å². The third kappa shape index (κ3) is 6.89. The Balaban J connectivity index is 4.32. The number of hydrogen-bond donors (Lipinski definition) is 1. The summed E-state index contributed by atoms with van der Waals surface area (Å²) in [5, 5.41) is 2.75. The van der Waals surface area contributed by atoms with Crippen molar-refractivity contribution < 1.29 is 9.59 Å². The van der Waals surface area contributed by atoms with Gasteiger partial charge in [-0.3, -0.25) is 9.59 Å². The van der Waals surface area contributed by atoms with Crippen LogP contribution in [0.15, 0.2) is 12.2 Å². The number of amides is 1. The van der Waals surface area contributed by atoms with Crippen LogP contribution in [0.5, 0.6) is 0 Å². The lowest BCUT2D eigenvalue weighted by atomic mass is 9.90. The van der Waals surface area contributed by atoms with Gasteiger partial charge in [-0.25, -0.2) is 0 Å². The van der Waals surface area contributed by atoms with Crippen LogP contribution in [0.25, 0.3) is 0 Å². The van der Waals surface area contributed by atoms with Crippen molar-refractivity contribution in [1.29, 1.82) is 0 Å². The van der Waals surface area contributed by atoms with Gasteiger partial charge in [0.2, 0.25) is 5.91 Å². The van der Waals surface area contributed by atoms with Gasteiger partial charge < -0.3 is 5.32 Å². The van der Waals surface area contributed by atoms with E-state index >= 15 is 0 Å². The summed E-state index contributed by atoms with van der Waals surface area (Å²) in [6, 6.07) is 0. The van der Waals surface area contributed by atoms with Crippen LogP contribution in [0.4, 0.5) is 0 Å². The summed E-state index contributed by atoms with van der Waals surface area (Å²) >= 11 is 0. The number of hydrogen-bond acceptors (Lipinski definition) is 2. The second-order valence-electron chi connectivity index (χ2n) is 5.69. The van der Waals surface area contributed by atoms with E-state index in [4.69, 9.17) is 0 Å². The Labute approximate surface area is 91.9 Å². The molecule has 0 unspecified atom stereocenters. The second kappa shape index (κ2) is 4.60. The van der Waals surface area contributed by atoms with Crippen LogP contribution in [0, 0.1) is 5.41 Å². The van der Waals surface area contributed by atoms with E-state index < -0.39 is 5.41 Å². The average molecular weight is 211 g/mol. The molecule has 0 aliphatic rings. The maximum atomic E-state index is 11.5. The van der Waals surface area contributed by atoms with Crippen molar-refractivity contribution >= 4 is 11.7 Å². The molecule has 0 fully saturated rings. The molecule has 0 aromatic heterocycles. The third-order valence-electron chi connectivity index (χ3n) is 1.62. The van der Waals surface area contributed by atoms with E-state index in [1.165, 1.54) is 12.2 Å². The van der Waals surface area contributed by atoms with E-state index in [1.807, 2.05) is 41.5 Å². The molecule has 1 N–H and O–H groups in total. The van der Waals surface area contributed by atoms with Crippen molar-refractivity contribution in [1.82, 2.24) is 5.32 Å². The molecule has 3 heteroatoms. The summed E-state index contributed by atoms with van der Waals surface area (Å²) in [5.41, 5.74) is -0.704. The van der Waals surface area contributed by atoms with Crippen molar-refractivity contribution in [3.05, 3.63) is 12.2 Å². The van der Waals surface area contributed by atoms with Crippen LogP contribution in [-0.2, 0) is 9.59 Å². The van der Waals surface area contributed by atoms with Gasteiger partial charge in [0.25, 0.3) is 0 Å². The molecule has 0 bridgehead atoms. The van der Waals surface area contributed by atoms with Crippen LogP contribution >= 0.6 is 0 Å². The Kier molecular flexibility index (Phi) is 4.26. The van der Waals surface area contributed by atoms with E-state index in [2.05, 4.69) is 5.32 Å². The van der Waals surface area contributed by atoms with E-state index in [0.717, 1.165) is 0 Å². The Bertz CT molecular complexity index is 277. The lowest BCUT2D eigenvalue weighted by Gasteiger charge is -2.19. The van der Waals surface area contributed by atoms with Gasteiger partial charge in [-0.1, -0.05) is 20.8 Å². The first-order chi connectivity index (χ1) is 6.52. The predicted molar refractivity (Wildman–Crippen MR) is 61.5 cm³/mol. The molecule has 0 aliphatic heterocycles. The Hall–Kier alpha value is -1.12. The summed E-state index contributed by atoms with van der Waals surface area (Å²) in [5.74, 6) is -0.286. The molecule has 0 spiro atoms. The lowest BCUT2D eigenvalue weighted by molar-refractivity contribution is -0.122. The number of carbonyl (C=O) groups is 2. The number of ketones is 1. The summed E-state index contributed by atoms with van der Waals surface area (Å²) in [6.07, 6.45) is 2.62. The number of carbonyl (C=O) groups excluding carboxylic acids is 2. The largest absolute Gasteiger partial charge is 0.348 e. The van der Waals surface area contributed by atoms with Crippen molar-refractivity contribution in [3.63, 3.8) is 0 Å². The third-order valence-corrected chi connectivity index (χ3v) is 1.62. The molecule has 0 atom stereocenters. The van der Waals surface area contributed by atoms with Gasteiger partial charge in [-0.2, -0.15) is 0 Å². The highest BCUT2D eigenvalue weighted by Crippen LogP contribution is 2.14. The summed E-state index contributed by atoms with van der Waals surface area (Å²) in [6.45, 7) is 11.1. The Morgan fingerprint density at radius 1 is 0.933 bits per heavy atom. The molecule has 15 heavy (non-hydrogen) atoms. The molecule has 0 aromatic carbocycles. The quantitative estimate of drug-likeness (QED) is 0.711. The average Bonchev–Trinajstić information content (AvgIpc) is 1.94. The van der Waals surface area contributed by atoms with Crippen LogP contribution in [0.2, 0.25) is 0 Å². The molecular weight excluding hydrogens is 190 g/mol. The van der Waals surface area contributed by atoms with Crippen LogP contribution in [0.3, 0.4) is 0 Å². The van der Waals surface area contributed by atoms with Crippen molar-refractivity contribution in [2.24, 2.45) is 5.41 Å². The van der Waals surface area contributed by atoms with E-state index in [-0.39, 0.29) is 17.2 Å². The number of nitrogens with one attached hydrogen (secondary N) is 1. The van der Waals surface area contributed by atoms with Crippen molar-refractivity contribution in [2.75, 3.05) is 0 Å². The standard InChI is InChI=1S/C12H21NO2/c1-11(2,3)9(14)7-8-10(15)13-12(4,5)6/h7-8H,1-6H3,(H,13,15). The fraction of sp³-hybridized carbons (Fsp3) is 0.667. The Morgan fingerprint density at radius 3 is 1.73 bits per heavy atom. The van der Waals surface area contributed by atoms with Gasteiger partial charge in [0.1, 0.15) is 0 Å². The molecule has 0 aromatic rings. The molecular formula is C12H21NO2. The summed E-state index contributed by atoms with van der Waals surface area (Å²) < 4.78 is 0. The zero-order valence-corrected chi connectivity index (χ0v) is 10.5. The monoisotopic (exact) mass is 211 g/mol. The minimum atomic E-state index is -0.432. The molecule has 0 rings (SSSR count). The second-order valence-corrected chi connectivity index (χ2v) is 5.69. The van der Waals surface area contributed by atoms with Crippen LogP contribution in [-0.4, -0.2) is 17.2 Å². The molecule has 0 heterocycles.